The summed E-state index contributed by atoms with van der Waals surface area (Å²) >= 11 is 0. The smallest absolute Gasteiger partial charge is 0.231 e. The predicted molar refractivity (Wildman–Crippen MR) is 89.5 cm³/mol. The van der Waals surface area contributed by atoms with E-state index in [-0.39, 0.29) is 6.79 Å². The minimum Gasteiger partial charge on any atom is -0.454 e. The van der Waals surface area contributed by atoms with Crippen LogP contribution in [0.2, 0.25) is 0 Å². The van der Waals surface area contributed by atoms with Gasteiger partial charge in [-0.25, -0.2) is 4.98 Å². The van der Waals surface area contributed by atoms with Crippen molar-refractivity contribution < 1.29 is 9.47 Å². The second-order valence-corrected chi connectivity index (χ2v) is 5.14. The zero-order valence-electron chi connectivity index (χ0n) is 12.7. The summed E-state index contributed by atoms with van der Waals surface area (Å²) in [7, 11) is 0. The van der Waals surface area contributed by atoms with E-state index < -0.39 is 0 Å². The van der Waals surface area contributed by atoms with Gasteiger partial charge in [-0.1, -0.05) is 12.1 Å². The SMILES string of the molecule is CCNc1nc(Nc2ccc3c(c2)OCO3)nc2ccccc12. The normalized spacial score (nSPS) is 12.4. The van der Waals surface area contributed by atoms with Gasteiger partial charge in [-0.2, -0.15) is 4.98 Å². The van der Waals surface area contributed by atoms with Crippen molar-refractivity contribution in [3.63, 3.8) is 0 Å². The highest BCUT2D eigenvalue weighted by Crippen LogP contribution is 2.35. The first-order chi connectivity index (χ1) is 11.3. The minimum atomic E-state index is 0.260. The summed E-state index contributed by atoms with van der Waals surface area (Å²) < 4.78 is 10.7. The summed E-state index contributed by atoms with van der Waals surface area (Å²) in [6.45, 7) is 3.10. The predicted octanol–water partition coefficient (Wildman–Crippen LogP) is 3.53. The number of nitrogens with zero attached hydrogens (tertiary/aromatic N) is 2. The van der Waals surface area contributed by atoms with E-state index in [0.29, 0.717) is 5.95 Å². The second kappa shape index (κ2) is 5.64. The molecular formula is C17H16N4O2. The van der Waals surface area contributed by atoms with Crippen LogP contribution < -0.4 is 20.1 Å². The van der Waals surface area contributed by atoms with Gasteiger partial charge in [-0.15, -0.1) is 0 Å². The molecule has 6 nitrogen and oxygen atoms in total. The molecule has 0 saturated carbocycles. The maximum absolute atomic E-state index is 5.39. The quantitative estimate of drug-likeness (QED) is 0.768. The lowest BCUT2D eigenvalue weighted by atomic mass is 10.2. The average molecular weight is 308 g/mol. The molecule has 0 saturated heterocycles. The van der Waals surface area contributed by atoms with Gasteiger partial charge in [0.05, 0.1) is 5.52 Å². The van der Waals surface area contributed by atoms with Crippen molar-refractivity contribution in [2.45, 2.75) is 6.92 Å². The number of rotatable bonds is 4. The van der Waals surface area contributed by atoms with Crippen LogP contribution in [0.3, 0.4) is 0 Å². The van der Waals surface area contributed by atoms with Crippen molar-refractivity contribution in [2.24, 2.45) is 0 Å². The van der Waals surface area contributed by atoms with E-state index in [1.165, 1.54) is 0 Å². The van der Waals surface area contributed by atoms with Crippen LogP contribution in [0.5, 0.6) is 11.5 Å². The number of hydrogen-bond donors (Lipinski definition) is 2. The first kappa shape index (κ1) is 13.6. The third kappa shape index (κ3) is 2.59. The van der Waals surface area contributed by atoms with E-state index in [4.69, 9.17) is 9.47 Å². The number of fused-ring (bicyclic) bond motifs is 2. The molecule has 116 valence electrons. The fourth-order valence-corrected chi connectivity index (χ4v) is 2.54. The van der Waals surface area contributed by atoms with Gasteiger partial charge >= 0.3 is 0 Å². The number of anilines is 3. The van der Waals surface area contributed by atoms with Crippen LogP contribution in [-0.2, 0) is 0 Å². The molecule has 1 aromatic heterocycles. The summed E-state index contributed by atoms with van der Waals surface area (Å²) in [4.78, 5) is 9.15. The maximum atomic E-state index is 5.39. The van der Waals surface area contributed by atoms with Crippen LogP contribution >= 0.6 is 0 Å². The molecular weight excluding hydrogens is 292 g/mol. The molecule has 4 rings (SSSR count). The number of para-hydroxylation sites is 1. The third-order valence-corrected chi connectivity index (χ3v) is 3.58. The number of aromatic nitrogens is 2. The van der Waals surface area contributed by atoms with Gasteiger partial charge in [-0.3, -0.25) is 0 Å². The monoisotopic (exact) mass is 308 g/mol. The zero-order chi connectivity index (χ0) is 15.6. The molecule has 1 aliphatic rings. The van der Waals surface area contributed by atoms with E-state index >= 15 is 0 Å². The molecule has 3 aromatic rings. The highest BCUT2D eigenvalue weighted by molar-refractivity contribution is 5.90. The minimum absolute atomic E-state index is 0.260. The Bertz CT molecular complexity index is 866. The topological polar surface area (TPSA) is 68.3 Å². The Balaban J connectivity index is 1.71. The molecule has 0 atom stereocenters. The number of ether oxygens (including phenoxy) is 2. The van der Waals surface area contributed by atoms with Gasteiger partial charge in [0, 0.05) is 23.7 Å². The van der Waals surface area contributed by atoms with Gasteiger partial charge in [0.1, 0.15) is 5.82 Å². The molecule has 23 heavy (non-hydrogen) atoms. The molecule has 0 spiro atoms. The Kier molecular flexibility index (Phi) is 3.34. The first-order valence-corrected chi connectivity index (χ1v) is 7.51. The van der Waals surface area contributed by atoms with Crippen LogP contribution in [0.1, 0.15) is 6.92 Å². The number of nitrogens with one attached hydrogen (secondary N) is 2. The number of benzene rings is 2. The largest absolute Gasteiger partial charge is 0.454 e. The fraction of sp³-hybridized carbons (Fsp3) is 0.176. The molecule has 6 heteroatoms. The summed E-state index contributed by atoms with van der Waals surface area (Å²) in [6, 6.07) is 13.6. The molecule has 1 aliphatic heterocycles. The molecule has 0 unspecified atom stereocenters. The summed E-state index contributed by atoms with van der Waals surface area (Å²) in [5, 5.41) is 7.51. The van der Waals surface area contributed by atoms with Crippen molar-refractivity contribution in [3.8, 4) is 11.5 Å². The summed E-state index contributed by atoms with van der Waals surface area (Å²) in [6.07, 6.45) is 0. The van der Waals surface area contributed by atoms with E-state index in [2.05, 4.69) is 20.6 Å². The van der Waals surface area contributed by atoms with E-state index in [1.54, 1.807) is 0 Å². The highest BCUT2D eigenvalue weighted by atomic mass is 16.7. The first-order valence-electron chi connectivity index (χ1n) is 7.51. The second-order valence-electron chi connectivity index (χ2n) is 5.14. The Labute approximate surface area is 133 Å². The van der Waals surface area contributed by atoms with Crippen molar-refractivity contribution in [1.82, 2.24) is 9.97 Å². The van der Waals surface area contributed by atoms with Crippen molar-refractivity contribution in [1.29, 1.82) is 0 Å². The molecule has 2 heterocycles. The van der Waals surface area contributed by atoms with Crippen LogP contribution in [-0.4, -0.2) is 23.3 Å². The lowest BCUT2D eigenvalue weighted by Crippen LogP contribution is -2.04. The van der Waals surface area contributed by atoms with Crippen LogP contribution in [0.25, 0.3) is 10.9 Å². The van der Waals surface area contributed by atoms with Crippen molar-refractivity contribution >= 4 is 28.4 Å². The van der Waals surface area contributed by atoms with Gasteiger partial charge in [0.2, 0.25) is 12.7 Å². The Morgan fingerprint density at radius 3 is 2.83 bits per heavy atom. The number of hydrogen-bond acceptors (Lipinski definition) is 6. The molecule has 0 amide bonds. The molecule has 0 aliphatic carbocycles. The average Bonchev–Trinajstić information content (AvgIpc) is 3.03. The van der Waals surface area contributed by atoms with E-state index in [9.17, 15) is 0 Å². The zero-order valence-corrected chi connectivity index (χ0v) is 12.7. The van der Waals surface area contributed by atoms with Gasteiger partial charge in [0.15, 0.2) is 11.5 Å². The van der Waals surface area contributed by atoms with E-state index in [0.717, 1.165) is 40.5 Å². The summed E-state index contributed by atoms with van der Waals surface area (Å²) in [5.74, 6) is 2.84. The molecule has 2 aromatic carbocycles. The maximum Gasteiger partial charge on any atom is 0.231 e. The van der Waals surface area contributed by atoms with Gasteiger partial charge in [-0.05, 0) is 31.2 Å². The summed E-state index contributed by atoms with van der Waals surface area (Å²) in [5.41, 5.74) is 1.74. The Hall–Kier alpha value is -3.02. The van der Waals surface area contributed by atoms with Crippen LogP contribution in [0.15, 0.2) is 42.5 Å². The lowest BCUT2D eigenvalue weighted by Gasteiger charge is -2.11. The van der Waals surface area contributed by atoms with Crippen molar-refractivity contribution in [3.05, 3.63) is 42.5 Å². The molecule has 2 N–H and O–H groups in total. The van der Waals surface area contributed by atoms with Gasteiger partial charge in [0.25, 0.3) is 0 Å². The third-order valence-electron chi connectivity index (χ3n) is 3.58. The molecule has 0 fully saturated rings. The van der Waals surface area contributed by atoms with Crippen LogP contribution in [0.4, 0.5) is 17.5 Å². The Morgan fingerprint density at radius 1 is 1.04 bits per heavy atom. The molecule has 0 radical (unpaired) electrons. The fourth-order valence-electron chi connectivity index (χ4n) is 2.54. The van der Waals surface area contributed by atoms with Gasteiger partial charge < -0.3 is 20.1 Å². The standard InChI is InChI=1S/C17H16N4O2/c1-2-18-16-12-5-3-4-6-13(12)20-17(21-16)19-11-7-8-14-15(9-11)23-10-22-14/h3-9H,2,10H2,1H3,(H2,18,19,20,21). The van der Waals surface area contributed by atoms with Crippen molar-refractivity contribution in [2.75, 3.05) is 24.0 Å². The molecule has 0 bridgehead atoms. The Morgan fingerprint density at radius 2 is 1.91 bits per heavy atom. The lowest BCUT2D eigenvalue weighted by molar-refractivity contribution is 0.174. The van der Waals surface area contributed by atoms with Crippen LogP contribution in [0, 0.1) is 0 Å². The highest BCUT2D eigenvalue weighted by Gasteiger charge is 2.14. The van der Waals surface area contributed by atoms with E-state index in [1.807, 2.05) is 49.4 Å².